The zero-order valence-corrected chi connectivity index (χ0v) is 15.1. The highest BCUT2D eigenvalue weighted by molar-refractivity contribution is 9.10. The molecule has 6 nitrogen and oxygen atoms in total. The van der Waals surface area contributed by atoms with Crippen LogP contribution in [0.4, 0.5) is 0 Å². The molecule has 0 fully saturated rings. The molecule has 0 aliphatic rings. The summed E-state index contributed by atoms with van der Waals surface area (Å²) in [6.07, 6.45) is 5.02. The lowest BCUT2D eigenvalue weighted by atomic mass is 10.0. The van der Waals surface area contributed by atoms with Crippen LogP contribution in [0.2, 0.25) is 0 Å². The summed E-state index contributed by atoms with van der Waals surface area (Å²) in [4.78, 5) is 35.7. The summed E-state index contributed by atoms with van der Waals surface area (Å²) < 4.78 is 5.78. The second kappa shape index (κ2) is 9.73. The number of hydrogen-bond donors (Lipinski definition) is 2. The van der Waals surface area contributed by atoms with Crippen LogP contribution in [-0.4, -0.2) is 37.0 Å². The molecule has 1 atom stereocenters. The highest BCUT2D eigenvalue weighted by Gasteiger charge is 2.26. The Morgan fingerprint density at radius 1 is 1.25 bits per heavy atom. The highest BCUT2D eigenvalue weighted by Crippen LogP contribution is 2.11. The first-order valence-electron chi connectivity index (χ1n) is 7.28. The molecule has 0 spiro atoms. The maximum atomic E-state index is 12.2. The van der Waals surface area contributed by atoms with Crippen LogP contribution in [0.15, 0.2) is 28.7 Å². The Morgan fingerprint density at radius 3 is 2.42 bits per heavy atom. The highest BCUT2D eigenvalue weighted by atomic mass is 79.9. The minimum absolute atomic E-state index is 0.0598. The van der Waals surface area contributed by atoms with Crippen molar-refractivity contribution in [2.45, 2.75) is 19.9 Å². The second-order valence-electron chi connectivity index (χ2n) is 5.29. The van der Waals surface area contributed by atoms with Gasteiger partial charge in [-0.2, -0.15) is 0 Å². The van der Waals surface area contributed by atoms with Crippen molar-refractivity contribution in [3.63, 3.8) is 0 Å². The summed E-state index contributed by atoms with van der Waals surface area (Å²) in [6.45, 7) is 3.15. The first-order chi connectivity index (χ1) is 11.3. The van der Waals surface area contributed by atoms with E-state index in [1.165, 1.54) is 0 Å². The molecule has 1 aromatic rings. The van der Waals surface area contributed by atoms with E-state index in [4.69, 9.17) is 11.2 Å². The van der Waals surface area contributed by atoms with Gasteiger partial charge in [-0.15, -0.1) is 6.42 Å². The molecule has 24 heavy (non-hydrogen) atoms. The lowest BCUT2D eigenvalue weighted by Gasteiger charge is -2.20. The van der Waals surface area contributed by atoms with Gasteiger partial charge in [-0.3, -0.25) is 9.59 Å². The summed E-state index contributed by atoms with van der Waals surface area (Å²) in [6, 6.07) is 5.87. The van der Waals surface area contributed by atoms with Crippen molar-refractivity contribution < 1.29 is 19.1 Å². The Kier molecular flexibility index (Phi) is 7.99. The third-order valence-corrected chi connectivity index (χ3v) is 3.58. The monoisotopic (exact) mass is 394 g/mol. The molecule has 0 aromatic heterocycles. The number of amides is 2. The summed E-state index contributed by atoms with van der Waals surface area (Å²) in [5.74, 6) is 0.474. The summed E-state index contributed by atoms with van der Waals surface area (Å²) in [5.41, 5.74) is 0.420. The SMILES string of the molecule is C#CCNC(=O)COC(=O)[C@@H](NC(=O)c1ccc(Br)cc1)C(C)C. The summed E-state index contributed by atoms with van der Waals surface area (Å²) >= 11 is 3.29. The molecule has 128 valence electrons. The fourth-order valence-corrected chi connectivity index (χ4v) is 2.02. The van der Waals surface area contributed by atoms with Crippen molar-refractivity contribution in [2.75, 3.05) is 13.2 Å². The van der Waals surface area contributed by atoms with E-state index in [0.717, 1.165) is 4.47 Å². The molecular weight excluding hydrogens is 376 g/mol. The van der Waals surface area contributed by atoms with Crippen LogP contribution in [0.1, 0.15) is 24.2 Å². The number of halogens is 1. The van der Waals surface area contributed by atoms with Gasteiger partial charge < -0.3 is 15.4 Å². The smallest absolute Gasteiger partial charge is 0.329 e. The number of carbonyl (C=O) groups is 3. The Labute approximate surface area is 149 Å². The largest absolute Gasteiger partial charge is 0.454 e. The van der Waals surface area contributed by atoms with E-state index in [1.54, 1.807) is 38.1 Å². The predicted octanol–water partition coefficient (Wildman–Crippen LogP) is 1.50. The third-order valence-electron chi connectivity index (χ3n) is 3.05. The zero-order chi connectivity index (χ0) is 18.1. The molecule has 7 heteroatoms. The molecule has 0 heterocycles. The summed E-state index contributed by atoms with van der Waals surface area (Å²) in [5, 5.41) is 5.01. The van der Waals surface area contributed by atoms with Crippen LogP contribution >= 0.6 is 15.9 Å². The second-order valence-corrected chi connectivity index (χ2v) is 6.21. The number of benzene rings is 1. The molecule has 0 bridgehead atoms. The van der Waals surface area contributed by atoms with Crippen molar-refractivity contribution in [1.29, 1.82) is 0 Å². The van der Waals surface area contributed by atoms with Gasteiger partial charge in [0, 0.05) is 10.0 Å². The number of terminal acetylenes is 1. The quantitative estimate of drug-likeness (QED) is 0.541. The Morgan fingerprint density at radius 2 is 1.88 bits per heavy atom. The molecule has 0 saturated carbocycles. The van der Waals surface area contributed by atoms with Gasteiger partial charge in [-0.05, 0) is 30.2 Å². The minimum atomic E-state index is -0.860. The van der Waals surface area contributed by atoms with Gasteiger partial charge in [0.25, 0.3) is 11.8 Å². The van der Waals surface area contributed by atoms with Gasteiger partial charge in [0.05, 0.1) is 6.54 Å². The number of esters is 1. The van der Waals surface area contributed by atoms with Crippen LogP contribution in [0.3, 0.4) is 0 Å². The molecule has 0 saturated heterocycles. The van der Waals surface area contributed by atoms with E-state index >= 15 is 0 Å². The standard InChI is InChI=1S/C17H19BrN2O4/c1-4-9-19-14(21)10-24-17(23)15(11(2)3)20-16(22)12-5-7-13(18)8-6-12/h1,5-8,11,15H,9-10H2,2-3H3,(H,19,21)(H,20,22)/t15-/m0/s1. The number of rotatable bonds is 7. The molecule has 2 N–H and O–H groups in total. The van der Waals surface area contributed by atoms with Gasteiger partial charge in [-0.25, -0.2) is 4.79 Å². The maximum Gasteiger partial charge on any atom is 0.329 e. The van der Waals surface area contributed by atoms with E-state index in [1.807, 2.05) is 0 Å². The average Bonchev–Trinajstić information content (AvgIpc) is 2.55. The van der Waals surface area contributed by atoms with Gasteiger partial charge >= 0.3 is 5.97 Å². The molecule has 2 amide bonds. The first kappa shape index (κ1) is 19.7. The minimum Gasteiger partial charge on any atom is -0.454 e. The van der Waals surface area contributed by atoms with Gasteiger partial charge in [0.1, 0.15) is 6.04 Å². The van der Waals surface area contributed by atoms with Crippen molar-refractivity contribution in [2.24, 2.45) is 5.92 Å². The van der Waals surface area contributed by atoms with E-state index in [9.17, 15) is 14.4 Å². The molecular formula is C17H19BrN2O4. The first-order valence-corrected chi connectivity index (χ1v) is 8.07. The molecule has 0 radical (unpaired) electrons. The number of carbonyl (C=O) groups excluding carboxylic acids is 3. The number of nitrogens with one attached hydrogen (secondary N) is 2. The Balaban J connectivity index is 2.64. The van der Waals surface area contributed by atoms with E-state index < -0.39 is 30.4 Å². The maximum absolute atomic E-state index is 12.2. The topological polar surface area (TPSA) is 84.5 Å². The van der Waals surface area contributed by atoms with Gasteiger partial charge in [0.15, 0.2) is 6.61 Å². The van der Waals surface area contributed by atoms with Crippen molar-refractivity contribution in [3.05, 3.63) is 34.3 Å². The van der Waals surface area contributed by atoms with Crippen LogP contribution < -0.4 is 10.6 Å². The average molecular weight is 395 g/mol. The van der Waals surface area contributed by atoms with Crippen molar-refractivity contribution in [1.82, 2.24) is 10.6 Å². The molecule has 0 aliphatic carbocycles. The molecule has 1 aromatic carbocycles. The van der Waals surface area contributed by atoms with Crippen LogP contribution in [0, 0.1) is 18.3 Å². The Bertz CT molecular complexity index is 635. The van der Waals surface area contributed by atoms with E-state index in [-0.39, 0.29) is 12.5 Å². The van der Waals surface area contributed by atoms with Crippen molar-refractivity contribution >= 4 is 33.7 Å². The number of ether oxygens (including phenoxy) is 1. The molecule has 0 unspecified atom stereocenters. The van der Waals surface area contributed by atoms with Crippen LogP contribution in [0.5, 0.6) is 0 Å². The zero-order valence-electron chi connectivity index (χ0n) is 13.5. The van der Waals surface area contributed by atoms with E-state index in [2.05, 4.69) is 32.5 Å². The normalized spacial score (nSPS) is 11.3. The van der Waals surface area contributed by atoms with Gasteiger partial charge in [-0.1, -0.05) is 35.7 Å². The lowest BCUT2D eigenvalue weighted by Crippen LogP contribution is -2.46. The van der Waals surface area contributed by atoms with Crippen LogP contribution in [0.25, 0.3) is 0 Å². The molecule has 0 aliphatic heterocycles. The van der Waals surface area contributed by atoms with Crippen molar-refractivity contribution in [3.8, 4) is 12.3 Å². The molecule has 1 rings (SSSR count). The predicted molar refractivity (Wildman–Crippen MR) is 93.0 cm³/mol. The Hall–Kier alpha value is -2.33. The fourth-order valence-electron chi connectivity index (χ4n) is 1.75. The number of hydrogen-bond acceptors (Lipinski definition) is 4. The van der Waals surface area contributed by atoms with Gasteiger partial charge in [0.2, 0.25) is 0 Å². The summed E-state index contributed by atoms with van der Waals surface area (Å²) in [7, 11) is 0. The lowest BCUT2D eigenvalue weighted by molar-refractivity contribution is -0.151. The fraction of sp³-hybridized carbons (Fsp3) is 0.353. The van der Waals surface area contributed by atoms with Crippen LogP contribution in [-0.2, 0) is 14.3 Å². The van der Waals surface area contributed by atoms with E-state index in [0.29, 0.717) is 5.56 Å². The third kappa shape index (κ3) is 6.42.